The van der Waals surface area contributed by atoms with Crippen molar-refractivity contribution in [2.24, 2.45) is 5.92 Å². The maximum Gasteiger partial charge on any atom is 0.303 e. The maximum absolute atomic E-state index is 10.8. The number of carboxylic acids is 1. The topological polar surface area (TPSA) is 37.3 Å². The number of aliphatic carboxylic acids is 1. The van der Waals surface area contributed by atoms with Gasteiger partial charge in [-0.3, -0.25) is 4.79 Å². The molecular weight excluding hydrogens is 268 g/mol. The lowest BCUT2D eigenvalue weighted by Crippen LogP contribution is -2.21. The molecule has 0 saturated heterocycles. The summed E-state index contributed by atoms with van der Waals surface area (Å²) in [5, 5.41) is 8.88. The monoisotopic (exact) mass is 282 g/mol. The number of fused-ring (bicyclic) bond motifs is 1. The van der Waals surface area contributed by atoms with E-state index in [1.165, 1.54) is 11.1 Å². The van der Waals surface area contributed by atoms with E-state index >= 15 is 0 Å². The van der Waals surface area contributed by atoms with Crippen LogP contribution in [0.1, 0.15) is 36.8 Å². The van der Waals surface area contributed by atoms with Crippen molar-refractivity contribution in [3.8, 4) is 0 Å². The summed E-state index contributed by atoms with van der Waals surface area (Å²) in [6.07, 6.45) is 2.25. The Kier molecular flexibility index (Phi) is 3.33. The second-order valence-electron chi connectivity index (χ2n) is 4.49. The van der Waals surface area contributed by atoms with Crippen molar-refractivity contribution in [3.63, 3.8) is 0 Å². The summed E-state index contributed by atoms with van der Waals surface area (Å²) in [6, 6.07) is 6.21. The number of rotatable bonds is 2. The van der Waals surface area contributed by atoms with Gasteiger partial charge in [-0.05, 0) is 41.9 Å². The Morgan fingerprint density at radius 2 is 2.31 bits per heavy atom. The molecule has 0 bridgehead atoms. The van der Waals surface area contributed by atoms with E-state index in [1.807, 2.05) is 6.07 Å². The van der Waals surface area contributed by atoms with E-state index in [0.717, 1.165) is 17.3 Å². The third-order valence-corrected chi connectivity index (χ3v) is 4.30. The van der Waals surface area contributed by atoms with E-state index in [9.17, 15) is 4.79 Å². The number of halogens is 1. The Bertz CT molecular complexity index is 414. The van der Waals surface area contributed by atoms with Gasteiger partial charge in [0.25, 0.3) is 0 Å². The van der Waals surface area contributed by atoms with E-state index in [0.29, 0.717) is 5.92 Å². The van der Waals surface area contributed by atoms with Crippen LogP contribution < -0.4 is 0 Å². The van der Waals surface area contributed by atoms with Crippen LogP contribution in [0.2, 0.25) is 0 Å². The molecule has 1 N–H and O–H groups in total. The van der Waals surface area contributed by atoms with Crippen LogP contribution in [0.25, 0.3) is 0 Å². The highest BCUT2D eigenvalue weighted by molar-refractivity contribution is 9.10. The summed E-state index contributed by atoms with van der Waals surface area (Å²) in [7, 11) is 0. The smallest absolute Gasteiger partial charge is 0.303 e. The SMILES string of the molecule is CC1c2cccc(Br)c2CCC1CC(=O)O. The molecule has 1 aliphatic rings. The highest BCUT2D eigenvalue weighted by Crippen LogP contribution is 2.40. The highest BCUT2D eigenvalue weighted by Gasteiger charge is 2.28. The van der Waals surface area contributed by atoms with Crippen molar-refractivity contribution in [3.05, 3.63) is 33.8 Å². The molecule has 2 rings (SSSR count). The van der Waals surface area contributed by atoms with Crippen molar-refractivity contribution in [2.45, 2.75) is 32.1 Å². The summed E-state index contributed by atoms with van der Waals surface area (Å²) < 4.78 is 1.16. The van der Waals surface area contributed by atoms with Crippen LogP contribution in [0, 0.1) is 5.92 Å². The van der Waals surface area contributed by atoms with Crippen LogP contribution in [0.4, 0.5) is 0 Å². The number of carbonyl (C=O) groups is 1. The van der Waals surface area contributed by atoms with Gasteiger partial charge in [0, 0.05) is 10.9 Å². The van der Waals surface area contributed by atoms with Gasteiger partial charge in [0.05, 0.1) is 0 Å². The minimum absolute atomic E-state index is 0.277. The van der Waals surface area contributed by atoms with Gasteiger partial charge in [0.1, 0.15) is 0 Å². The Labute approximate surface area is 104 Å². The molecule has 86 valence electrons. The molecule has 16 heavy (non-hydrogen) atoms. The first-order valence-corrected chi connectivity index (χ1v) is 6.38. The molecule has 0 amide bonds. The molecule has 2 atom stereocenters. The maximum atomic E-state index is 10.8. The number of benzene rings is 1. The summed E-state index contributed by atoms with van der Waals surface area (Å²) in [5.74, 6) is -0.0630. The Morgan fingerprint density at radius 3 is 3.00 bits per heavy atom. The Morgan fingerprint density at radius 1 is 1.56 bits per heavy atom. The summed E-state index contributed by atoms with van der Waals surface area (Å²) >= 11 is 3.56. The first-order chi connectivity index (χ1) is 7.59. The van der Waals surface area contributed by atoms with Gasteiger partial charge in [0.15, 0.2) is 0 Å². The third-order valence-electron chi connectivity index (χ3n) is 3.55. The Balaban J connectivity index is 2.28. The zero-order chi connectivity index (χ0) is 11.7. The van der Waals surface area contributed by atoms with Crippen LogP contribution in [-0.2, 0) is 11.2 Å². The van der Waals surface area contributed by atoms with Gasteiger partial charge in [-0.1, -0.05) is 35.0 Å². The number of carboxylic acid groups (broad SMARTS) is 1. The molecule has 2 unspecified atom stereocenters. The molecule has 0 aliphatic heterocycles. The largest absolute Gasteiger partial charge is 0.481 e. The molecule has 0 fully saturated rings. The predicted molar refractivity (Wildman–Crippen MR) is 66.6 cm³/mol. The zero-order valence-electron chi connectivity index (χ0n) is 9.24. The van der Waals surface area contributed by atoms with Crippen LogP contribution in [0.5, 0.6) is 0 Å². The molecule has 2 nitrogen and oxygen atoms in total. The quantitative estimate of drug-likeness (QED) is 0.900. The van der Waals surface area contributed by atoms with Crippen LogP contribution in [0.3, 0.4) is 0 Å². The zero-order valence-corrected chi connectivity index (χ0v) is 10.8. The molecule has 3 heteroatoms. The Hall–Kier alpha value is -0.830. The fraction of sp³-hybridized carbons (Fsp3) is 0.462. The average Bonchev–Trinajstić information content (AvgIpc) is 2.23. The van der Waals surface area contributed by atoms with Gasteiger partial charge in [-0.2, -0.15) is 0 Å². The van der Waals surface area contributed by atoms with Crippen molar-refractivity contribution < 1.29 is 9.90 Å². The van der Waals surface area contributed by atoms with Gasteiger partial charge < -0.3 is 5.11 Å². The summed E-state index contributed by atoms with van der Waals surface area (Å²) in [4.78, 5) is 10.8. The molecule has 0 radical (unpaired) electrons. The fourth-order valence-electron chi connectivity index (χ4n) is 2.60. The van der Waals surface area contributed by atoms with Crippen molar-refractivity contribution in [1.29, 1.82) is 0 Å². The van der Waals surface area contributed by atoms with E-state index < -0.39 is 5.97 Å². The van der Waals surface area contributed by atoms with E-state index in [-0.39, 0.29) is 12.3 Å². The minimum Gasteiger partial charge on any atom is -0.481 e. The van der Waals surface area contributed by atoms with Crippen LogP contribution in [0.15, 0.2) is 22.7 Å². The van der Waals surface area contributed by atoms with E-state index in [1.54, 1.807) is 0 Å². The van der Waals surface area contributed by atoms with Gasteiger partial charge in [-0.25, -0.2) is 0 Å². The van der Waals surface area contributed by atoms with Gasteiger partial charge >= 0.3 is 5.97 Å². The lowest BCUT2D eigenvalue weighted by molar-refractivity contribution is -0.138. The van der Waals surface area contributed by atoms with Gasteiger partial charge in [-0.15, -0.1) is 0 Å². The van der Waals surface area contributed by atoms with Crippen LogP contribution in [-0.4, -0.2) is 11.1 Å². The summed E-state index contributed by atoms with van der Waals surface area (Å²) in [5.41, 5.74) is 2.67. The molecule has 1 aromatic rings. The second kappa shape index (κ2) is 4.58. The summed E-state index contributed by atoms with van der Waals surface area (Å²) in [6.45, 7) is 2.14. The highest BCUT2D eigenvalue weighted by atomic mass is 79.9. The molecule has 1 aliphatic carbocycles. The van der Waals surface area contributed by atoms with Crippen molar-refractivity contribution in [2.75, 3.05) is 0 Å². The lowest BCUT2D eigenvalue weighted by Gasteiger charge is -2.30. The number of hydrogen-bond donors (Lipinski definition) is 1. The molecule has 0 aromatic heterocycles. The van der Waals surface area contributed by atoms with Crippen molar-refractivity contribution >= 4 is 21.9 Å². The van der Waals surface area contributed by atoms with E-state index in [2.05, 4.69) is 35.0 Å². The first-order valence-electron chi connectivity index (χ1n) is 5.58. The molecule has 0 saturated carbocycles. The van der Waals surface area contributed by atoms with Gasteiger partial charge in [0.2, 0.25) is 0 Å². The lowest BCUT2D eigenvalue weighted by atomic mass is 9.75. The molecule has 1 aromatic carbocycles. The van der Waals surface area contributed by atoms with Crippen LogP contribution >= 0.6 is 15.9 Å². The molecule has 0 heterocycles. The molecular formula is C13H15BrO2. The fourth-order valence-corrected chi connectivity index (χ4v) is 3.18. The third kappa shape index (κ3) is 2.14. The standard InChI is InChI=1S/C13H15BrO2/c1-8-9(7-13(15)16)5-6-11-10(8)3-2-4-12(11)14/h2-4,8-9H,5-7H2,1H3,(H,15,16). The molecule has 0 spiro atoms. The first kappa shape index (κ1) is 11.6. The minimum atomic E-state index is -0.685. The average molecular weight is 283 g/mol. The normalized spacial score (nSPS) is 23.9. The second-order valence-corrected chi connectivity index (χ2v) is 5.35. The predicted octanol–water partition coefficient (Wildman–Crippen LogP) is 3.59. The van der Waals surface area contributed by atoms with E-state index in [4.69, 9.17) is 5.11 Å². The number of hydrogen-bond acceptors (Lipinski definition) is 1. The van der Waals surface area contributed by atoms with Crippen molar-refractivity contribution in [1.82, 2.24) is 0 Å².